The first kappa shape index (κ1) is 17.2. The van der Waals surface area contributed by atoms with E-state index in [1.54, 1.807) is 0 Å². The summed E-state index contributed by atoms with van der Waals surface area (Å²) in [7, 11) is 1.82. The van der Waals surface area contributed by atoms with Crippen molar-refractivity contribution in [2.24, 2.45) is 11.3 Å². The third-order valence-corrected chi connectivity index (χ3v) is 5.64. The van der Waals surface area contributed by atoms with Crippen molar-refractivity contribution < 1.29 is 4.74 Å². The molecular formula is C18H36N2O. The Morgan fingerprint density at radius 1 is 1.10 bits per heavy atom. The summed E-state index contributed by atoms with van der Waals surface area (Å²) in [5, 5.41) is 3.65. The van der Waals surface area contributed by atoms with E-state index in [9.17, 15) is 0 Å². The molecule has 0 radical (unpaired) electrons. The van der Waals surface area contributed by atoms with E-state index in [0.717, 1.165) is 25.1 Å². The van der Waals surface area contributed by atoms with Crippen molar-refractivity contribution in [1.82, 2.24) is 10.2 Å². The lowest BCUT2D eigenvalue weighted by atomic mass is 9.71. The maximum atomic E-state index is 5.34. The lowest BCUT2D eigenvalue weighted by molar-refractivity contribution is 0.0672. The summed E-state index contributed by atoms with van der Waals surface area (Å²) in [6.07, 6.45) is 8.24. The largest absolute Gasteiger partial charge is 0.383 e. The highest BCUT2D eigenvalue weighted by atomic mass is 16.5. The van der Waals surface area contributed by atoms with Gasteiger partial charge in [0.05, 0.1) is 6.61 Å². The van der Waals surface area contributed by atoms with Crippen LogP contribution < -0.4 is 5.32 Å². The number of rotatable bonds is 6. The predicted octanol–water partition coefficient (Wildman–Crippen LogP) is 3.29. The molecule has 3 nitrogen and oxygen atoms in total. The third-order valence-electron chi connectivity index (χ3n) is 5.64. The number of methoxy groups -OCH3 is 1. The molecule has 1 heterocycles. The SMILES string of the molecule is COCCN(CC1CCCN1)C1CCC(C(C)(C)C)CC1. The van der Waals surface area contributed by atoms with Crippen LogP contribution in [-0.4, -0.2) is 50.3 Å². The van der Waals surface area contributed by atoms with Crippen LogP contribution in [0.3, 0.4) is 0 Å². The predicted molar refractivity (Wildman–Crippen MR) is 89.7 cm³/mol. The Hall–Kier alpha value is -0.120. The number of nitrogens with zero attached hydrogens (tertiary/aromatic N) is 1. The molecule has 0 aromatic heterocycles. The van der Waals surface area contributed by atoms with Gasteiger partial charge in [-0.15, -0.1) is 0 Å². The molecule has 2 rings (SSSR count). The van der Waals surface area contributed by atoms with Crippen molar-refractivity contribution >= 4 is 0 Å². The van der Waals surface area contributed by atoms with E-state index >= 15 is 0 Å². The molecule has 21 heavy (non-hydrogen) atoms. The minimum absolute atomic E-state index is 0.481. The van der Waals surface area contributed by atoms with E-state index in [-0.39, 0.29) is 0 Å². The van der Waals surface area contributed by atoms with E-state index in [0.29, 0.717) is 11.5 Å². The number of hydrogen-bond acceptors (Lipinski definition) is 3. The Kier molecular flexibility index (Phi) is 6.51. The Morgan fingerprint density at radius 2 is 1.81 bits per heavy atom. The molecule has 0 aromatic rings. The molecule has 0 bridgehead atoms. The van der Waals surface area contributed by atoms with E-state index in [2.05, 4.69) is 31.0 Å². The highest BCUT2D eigenvalue weighted by molar-refractivity contribution is 4.87. The second-order valence-electron chi connectivity index (χ2n) is 8.15. The molecule has 0 spiro atoms. The molecule has 124 valence electrons. The van der Waals surface area contributed by atoms with Gasteiger partial charge in [-0.05, 0) is 56.4 Å². The fourth-order valence-corrected chi connectivity index (χ4v) is 4.13. The van der Waals surface area contributed by atoms with Crippen LogP contribution in [0.5, 0.6) is 0 Å². The topological polar surface area (TPSA) is 24.5 Å². The van der Waals surface area contributed by atoms with Crippen molar-refractivity contribution in [2.45, 2.75) is 71.4 Å². The zero-order chi connectivity index (χ0) is 15.3. The van der Waals surface area contributed by atoms with Crippen LogP contribution in [0.15, 0.2) is 0 Å². The van der Waals surface area contributed by atoms with Gasteiger partial charge in [0, 0.05) is 32.3 Å². The van der Waals surface area contributed by atoms with E-state index in [1.807, 2.05) is 7.11 Å². The standard InChI is InChI=1S/C18H36N2O/c1-18(2,3)15-7-9-17(10-8-15)20(12-13-21-4)14-16-6-5-11-19-16/h15-17,19H,5-14H2,1-4H3. The molecule has 2 fully saturated rings. The van der Waals surface area contributed by atoms with Crippen LogP contribution in [0.4, 0.5) is 0 Å². The van der Waals surface area contributed by atoms with Gasteiger partial charge in [0.15, 0.2) is 0 Å². The van der Waals surface area contributed by atoms with Gasteiger partial charge in [-0.3, -0.25) is 4.90 Å². The highest BCUT2D eigenvalue weighted by Gasteiger charge is 2.32. The minimum Gasteiger partial charge on any atom is -0.383 e. The Balaban J connectivity index is 1.85. The Bertz CT molecular complexity index is 286. The lowest BCUT2D eigenvalue weighted by Crippen LogP contribution is -2.46. The molecule has 2 aliphatic rings. The van der Waals surface area contributed by atoms with Crippen molar-refractivity contribution in [3.05, 3.63) is 0 Å². The summed E-state index contributed by atoms with van der Waals surface area (Å²) in [5.41, 5.74) is 0.481. The molecule has 1 saturated carbocycles. The summed E-state index contributed by atoms with van der Waals surface area (Å²) < 4.78 is 5.34. The van der Waals surface area contributed by atoms with Gasteiger partial charge in [0.2, 0.25) is 0 Å². The molecule has 0 amide bonds. The molecule has 1 saturated heterocycles. The molecule has 1 atom stereocenters. The molecule has 1 unspecified atom stereocenters. The molecule has 1 aliphatic heterocycles. The van der Waals surface area contributed by atoms with Gasteiger partial charge in [-0.2, -0.15) is 0 Å². The van der Waals surface area contributed by atoms with E-state index in [1.165, 1.54) is 51.6 Å². The molecule has 1 aliphatic carbocycles. The van der Waals surface area contributed by atoms with Crippen LogP contribution >= 0.6 is 0 Å². The first-order chi connectivity index (χ1) is 10.0. The van der Waals surface area contributed by atoms with Gasteiger partial charge in [0.25, 0.3) is 0 Å². The average molecular weight is 296 g/mol. The van der Waals surface area contributed by atoms with Crippen LogP contribution in [-0.2, 0) is 4.74 Å². The fourth-order valence-electron chi connectivity index (χ4n) is 4.13. The Morgan fingerprint density at radius 3 is 2.33 bits per heavy atom. The van der Waals surface area contributed by atoms with Gasteiger partial charge in [0.1, 0.15) is 0 Å². The maximum Gasteiger partial charge on any atom is 0.0589 e. The van der Waals surface area contributed by atoms with E-state index in [4.69, 9.17) is 4.74 Å². The summed E-state index contributed by atoms with van der Waals surface area (Å²) >= 11 is 0. The van der Waals surface area contributed by atoms with Crippen molar-refractivity contribution in [3.63, 3.8) is 0 Å². The Labute approximate surface area is 131 Å². The van der Waals surface area contributed by atoms with Crippen molar-refractivity contribution in [2.75, 3.05) is 33.4 Å². The molecule has 1 N–H and O–H groups in total. The maximum absolute atomic E-state index is 5.34. The van der Waals surface area contributed by atoms with Gasteiger partial charge in [-0.25, -0.2) is 0 Å². The second kappa shape index (κ2) is 7.94. The van der Waals surface area contributed by atoms with Crippen LogP contribution in [0.1, 0.15) is 59.3 Å². The van der Waals surface area contributed by atoms with Crippen molar-refractivity contribution in [1.29, 1.82) is 0 Å². The summed E-state index contributed by atoms with van der Waals surface area (Å²) in [5.74, 6) is 0.905. The summed E-state index contributed by atoms with van der Waals surface area (Å²) in [6, 6.07) is 1.49. The van der Waals surface area contributed by atoms with Gasteiger partial charge < -0.3 is 10.1 Å². The quantitative estimate of drug-likeness (QED) is 0.814. The first-order valence-corrected chi connectivity index (χ1v) is 8.97. The van der Waals surface area contributed by atoms with Crippen LogP contribution in [0.2, 0.25) is 0 Å². The number of ether oxygens (including phenoxy) is 1. The van der Waals surface area contributed by atoms with E-state index < -0.39 is 0 Å². The van der Waals surface area contributed by atoms with Crippen LogP contribution in [0.25, 0.3) is 0 Å². The number of nitrogens with one attached hydrogen (secondary N) is 1. The average Bonchev–Trinajstić information content (AvgIpc) is 2.95. The fraction of sp³-hybridized carbons (Fsp3) is 1.00. The molecule has 3 heteroatoms. The highest BCUT2D eigenvalue weighted by Crippen LogP contribution is 2.39. The molecule has 0 aromatic carbocycles. The molecular weight excluding hydrogens is 260 g/mol. The third kappa shape index (κ3) is 5.22. The first-order valence-electron chi connectivity index (χ1n) is 8.97. The lowest BCUT2D eigenvalue weighted by Gasteiger charge is -2.41. The smallest absolute Gasteiger partial charge is 0.0589 e. The monoisotopic (exact) mass is 296 g/mol. The van der Waals surface area contributed by atoms with Gasteiger partial charge in [-0.1, -0.05) is 20.8 Å². The normalized spacial score (nSPS) is 31.0. The second-order valence-corrected chi connectivity index (χ2v) is 8.15. The van der Waals surface area contributed by atoms with Gasteiger partial charge >= 0.3 is 0 Å². The zero-order valence-electron chi connectivity index (χ0n) is 14.7. The van der Waals surface area contributed by atoms with Crippen LogP contribution in [0, 0.1) is 11.3 Å². The van der Waals surface area contributed by atoms with Crippen molar-refractivity contribution in [3.8, 4) is 0 Å². The number of hydrogen-bond donors (Lipinski definition) is 1. The summed E-state index contributed by atoms with van der Waals surface area (Å²) in [6.45, 7) is 11.6. The minimum atomic E-state index is 0.481. The summed E-state index contributed by atoms with van der Waals surface area (Å²) in [4.78, 5) is 2.71. The zero-order valence-corrected chi connectivity index (χ0v) is 14.7.